The lowest BCUT2D eigenvalue weighted by molar-refractivity contribution is -0.135. The third kappa shape index (κ3) is 4.18. The Kier molecular flexibility index (Phi) is 5.37. The van der Waals surface area contributed by atoms with E-state index >= 15 is 0 Å². The number of carbonyl (C=O) groups excluding carboxylic acids is 2. The lowest BCUT2D eigenvalue weighted by atomic mass is 10.2. The van der Waals surface area contributed by atoms with Crippen molar-refractivity contribution in [2.45, 2.75) is 38.8 Å². The summed E-state index contributed by atoms with van der Waals surface area (Å²) in [5.41, 5.74) is 0. The molecule has 2 fully saturated rings. The van der Waals surface area contributed by atoms with E-state index in [1.165, 1.54) is 0 Å². The van der Waals surface area contributed by atoms with Gasteiger partial charge in [-0.3, -0.25) is 14.5 Å². The molecule has 2 aliphatic heterocycles. The molecule has 2 heterocycles. The first-order valence-corrected chi connectivity index (χ1v) is 7.60. The predicted octanol–water partition coefficient (Wildman–Crippen LogP) is -0.593. The van der Waals surface area contributed by atoms with Crippen LogP contribution in [-0.2, 0) is 9.59 Å². The SMILES string of the molecule is CC(C)NC(=O)CN1CCN(C(=O)C2CCCN2)CC1. The van der Waals surface area contributed by atoms with E-state index in [9.17, 15) is 9.59 Å². The van der Waals surface area contributed by atoms with Gasteiger partial charge in [-0.15, -0.1) is 0 Å². The second kappa shape index (κ2) is 7.04. The quantitative estimate of drug-likeness (QED) is 0.723. The van der Waals surface area contributed by atoms with Gasteiger partial charge in [-0.1, -0.05) is 0 Å². The minimum Gasteiger partial charge on any atom is -0.353 e. The zero-order valence-corrected chi connectivity index (χ0v) is 12.5. The van der Waals surface area contributed by atoms with Crippen LogP contribution in [0.4, 0.5) is 0 Å². The Labute approximate surface area is 120 Å². The number of amides is 2. The maximum Gasteiger partial charge on any atom is 0.239 e. The van der Waals surface area contributed by atoms with Gasteiger partial charge in [0, 0.05) is 32.2 Å². The fourth-order valence-electron chi connectivity index (χ4n) is 2.81. The summed E-state index contributed by atoms with van der Waals surface area (Å²) in [7, 11) is 0. The predicted molar refractivity (Wildman–Crippen MR) is 77.3 cm³/mol. The van der Waals surface area contributed by atoms with Crippen LogP contribution in [0.5, 0.6) is 0 Å². The van der Waals surface area contributed by atoms with E-state index in [-0.39, 0.29) is 23.9 Å². The molecule has 0 spiro atoms. The Balaban J connectivity index is 1.72. The molecule has 6 nitrogen and oxygen atoms in total. The number of carbonyl (C=O) groups is 2. The minimum atomic E-state index is 0.0192. The van der Waals surface area contributed by atoms with E-state index in [0.29, 0.717) is 6.54 Å². The van der Waals surface area contributed by atoms with Crippen molar-refractivity contribution in [3.63, 3.8) is 0 Å². The molecule has 0 aliphatic carbocycles. The molecule has 2 aliphatic rings. The van der Waals surface area contributed by atoms with Crippen molar-refractivity contribution in [1.82, 2.24) is 20.4 Å². The molecule has 6 heteroatoms. The van der Waals surface area contributed by atoms with Gasteiger partial charge in [-0.05, 0) is 33.2 Å². The number of nitrogens with one attached hydrogen (secondary N) is 2. The van der Waals surface area contributed by atoms with Crippen molar-refractivity contribution < 1.29 is 9.59 Å². The van der Waals surface area contributed by atoms with Gasteiger partial charge in [0.2, 0.25) is 11.8 Å². The second-order valence-electron chi connectivity index (χ2n) is 5.97. The number of piperazine rings is 1. The highest BCUT2D eigenvalue weighted by Gasteiger charge is 2.29. The first kappa shape index (κ1) is 15.3. The minimum absolute atomic E-state index is 0.0192. The summed E-state index contributed by atoms with van der Waals surface area (Å²) in [5, 5.41) is 6.15. The molecule has 1 atom stereocenters. The van der Waals surface area contributed by atoms with E-state index in [1.54, 1.807) is 0 Å². The van der Waals surface area contributed by atoms with Gasteiger partial charge in [0.25, 0.3) is 0 Å². The molecule has 0 aromatic rings. The Morgan fingerprint density at radius 2 is 1.95 bits per heavy atom. The summed E-state index contributed by atoms with van der Waals surface area (Å²) in [6.07, 6.45) is 2.04. The van der Waals surface area contributed by atoms with E-state index in [1.807, 2.05) is 18.7 Å². The third-order valence-electron chi connectivity index (χ3n) is 3.86. The van der Waals surface area contributed by atoms with Crippen LogP contribution < -0.4 is 10.6 Å². The van der Waals surface area contributed by atoms with Crippen molar-refractivity contribution in [3.05, 3.63) is 0 Å². The zero-order chi connectivity index (χ0) is 14.5. The molecule has 20 heavy (non-hydrogen) atoms. The van der Waals surface area contributed by atoms with Crippen LogP contribution >= 0.6 is 0 Å². The lowest BCUT2D eigenvalue weighted by Crippen LogP contribution is -2.54. The number of nitrogens with zero attached hydrogens (tertiary/aromatic N) is 2. The normalized spacial score (nSPS) is 24.1. The van der Waals surface area contributed by atoms with Gasteiger partial charge in [-0.25, -0.2) is 0 Å². The van der Waals surface area contributed by atoms with E-state index in [4.69, 9.17) is 0 Å². The first-order valence-electron chi connectivity index (χ1n) is 7.60. The zero-order valence-electron chi connectivity index (χ0n) is 12.5. The molecule has 2 rings (SSSR count). The molecule has 1 unspecified atom stereocenters. The van der Waals surface area contributed by atoms with Crippen molar-refractivity contribution in [2.24, 2.45) is 0 Å². The van der Waals surface area contributed by atoms with Crippen molar-refractivity contribution >= 4 is 11.8 Å². The largest absolute Gasteiger partial charge is 0.353 e. The van der Waals surface area contributed by atoms with E-state index in [0.717, 1.165) is 45.6 Å². The molecule has 0 aromatic carbocycles. The lowest BCUT2D eigenvalue weighted by Gasteiger charge is -2.35. The highest BCUT2D eigenvalue weighted by atomic mass is 16.2. The summed E-state index contributed by atoms with van der Waals surface area (Å²) < 4.78 is 0. The fraction of sp³-hybridized carbons (Fsp3) is 0.857. The van der Waals surface area contributed by atoms with Crippen LogP contribution in [0.3, 0.4) is 0 Å². The molecule has 0 bridgehead atoms. The van der Waals surface area contributed by atoms with Crippen molar-refractivity contribution in [3.8, 4) is 0 Å². The number of hydrogen-bond acceptors (Lipinski definition) is 4. The van der Waals surface area contributed by atoms with Crippen LogP contribution in [0.15, 0.2) is 0 Å². The number of hydrogen-bond donors (Lipinski definition) is 2. The molecule has 2 N–H and O–H groups in total. The standard InChI is InChI=1S/C14H26N4O2/c1-11(2)16-13(19)10-17-6-8-18(9-7-17)14(20)12-4-3-5-15-12/h11-12,15H,3-10H2,1-2H3,(H,16,19). The van der Waals surface area contributed by atoms with Crippen molar-refractivity contribution in [1.29, 1.82) is 0 Å². The number of rotatable bonds is 4. The van der Waals surface area contributed by atoms with E-state index in [2.05, 4.69) is 15.5 Å². The highest BCUT2D eigenvalue weighted by molar-refractivity contribution is 5.82. The monoisotopic (exact) mass is 282 g/mol. The van der Waals surface area contributed by atoms with Crippen LogP contribution in [-0.4, -0.2) is 73.0 Å². The molecular weight excluding hydrogens is 256 g/mol. The Hall–Kier alpha value is -1.14. The Morgan fingerprint density at radius 3 is 2.50 bits per heavy atom. The van der Waals surface area contributed by atoms with Gasteiger partial charge in [0.15, 0.2) is 0 Å². The fourth-order valence-corrected chi connectivity index (χ4v) is 2.81. The van der Waals surface area contributed by atoms with Gasteiger partial charge in [0.1, 0.15) is 0 Å². The summed E-state index contributed by atoms with van der Waals surface area (Å²) in [5.74, 6) is 0.297. The van der Waals surface area contributed by atoms with Crippen LogP contribution in [0.1, 0.15) is 26.7 Å². The summed E-state index contributed by atoms with van der Waals surface area (Å²) in [6.45, 7) is 8.33. The molecule has 0 aromatic heterocycles. The van der Waals surface area contributed by atoms with Crippen LogP contribution in [0.25, 0.3) is 0 Å². The Morgan fingerprint density at radius 1 is 1.25 bits per heavy atom. The summed E-state index contributed by atoms with van der Waals surface area (Å²) >= 11 is 0. The first-order chi connectivity index (χ1) is 9.56. The molecule has 114 valence electrons. The maximum atomic E-state index is 12.2. The summed E-state index contributed by atoms with van der Waals surface area (Å²) in [6, 6.07) is 0.199. The summed E-state index contributed by atoms with van der Waals surface area (Å²) in [4.78, 5) is 28.0. The highest BCUT2D eigenvalue weighted by Crippen LogP contribution is 2.10. The molecular formula is C14H26N4O2. The average molecular weight is 282 g/mol. The molecule has 0 radical (unpaired) electrons. The average Bonchev–Trinajstić information content (AvgIpc) is 2.91. The van der Waals surface area contributed by atoms with Crippen LogP contribution in [0.2, 0.25) is 0 Å². The van der Waals surface area contributed by atoms with Gasteiger partial charge in [0.05, 0.1) is 12.6 Å². The van der Waals surface area contributed by atoms with E-state index < -0.39 is 0 Å². The second-order valence-corrected chi connectivity index (χ2v) is 5.97. The molecule has 2 amide bonds. The smallest absolute Gasteiger partial charge is 0.239 e. The van der Waals surface area contributed by atoms with Crippen LogP contribution in [0, 0.1) is 0 Å². The third-order valence-corrected chi connectivity index (χ3v) is 3.86. The Bertz CT molecular complexity index is 345. The molecule has 0 saturated carbocycles. The topological polar surface area (TPSA) is 64.7 Å². The maximum absolute atomic E-state index is 12.2. The van der Waals surface area contributed by atoms with Crippen molar-refractivity contribution in [2.75, 3.05) is 39.3 Å². The van der Waals surface area contributed by atoms with Gasteiger partial charge in [-0.2, -0.15) is 0 Å². The van der Waals surface area contributed by atoms with Gasteiger partial charge >= 0.3 is 0 Å². The molecule has 2 saturated heterocycles. The van der Waals surface area contributed by atoms with Gasteiger partial charge < -0.3 is 15.5 Å².